The van der Waals surface area contributed by atoms with Crippen molar-refractivity contribution in [3.05, 3.63) is 5.28 Å². The molecule has 0 spiro atoms. The zero-order valence-corrected chi connectivity index (χ0v) is 12.8. The van der Waals surface area contributed by atoms with Gasteiger partial charge in [-0.2, -0.15) is 15.0 Å². The highest BCUT2D eigenvalue weighted by Crippen LogP contribution is 2.15. The Morgan fingerprint density at radius 1 is 1.11 bits per heavy atom. The van der Waals surface area contributed by atoms with E-state index >= 15 is 0 Å². The van der Waals surface area contributed by atoms with Gasteiger partial charge >= 0.3 is 0 Å². The minimum absolute atomic E-state index is 0.227. The zero-order valence-electron chi connectivity index (χ0n) is 12.1. The molecular weight excluding hydrogens is 266 g/mol. The van der Waals surface area contributed by atoms with Crippen molar-refractivity contribution in [2.45, 2.75) is 20.3 Å². The maximum Gasteiger partial charge on any atom is 0.231 e. The van der Waals surface area contributed by atoms with Gasteiger partial charge in [0.1, 0.15) is 0 Å². The zero-order chi connectivity index (χ0) is 14.3. The minimum atomic E-state index is 0.227. The highest BCUT2D eigenvalue weighted by Gasteiger charge is 2.12. The highest BCUT2D eigenvalue weighted by molar-refractivity contribution is 6.28. The molecule has 19 heavy (non-hydrogen) atoms. The molecule has 108 valence electrons. The van der Waals surface area contributed by atoms with Gasteiger partial charge in [-0.3, -0.25) is 0 Å². The molecule has 1 aromatic rings. The first-order valence-corrected chi connectivity index (χ1v) is 6.86. The van der Waals surface area contributed by atoms with E-state index in [1.54, 1.807) is 7.11 Å². The van der Waals surface area contributed by atoms with Crippen molar-refractivity contribution < 1.29 is 4.74 Å². The Labute approximate surface area is 119 Å². The third-order valence-electron chi connectivity index (χ3n) is 2.81. The predicted molar refractivity (Wildman–Crippen MR) is 78.2 cm³/mol. The summed E-state index contributed by atoms with van der Waals surface area (Å²) in [6.07, 6.45) is 0.914. The van der Waals surface area contributed by atoms with Crippen molar-refractivity contribution in [2.75, 3.05) is 50.2 Å². The van der Waals surface area contributed by atoms with Crippen molar-refractivity contribution in [1.29, 1.82) is 0 Å². The van der Waals surface area contributed by atoms with Gasteiger partial charge in [0.05, 0.1) is 0 Å². The maximum atomic E-state index is 5.97. The van der Waals surface area contributed by atoms with Gasteiger partial charge in [-0.1, -0.05) is 0 Å². The molecule has 1 aromatic heterocycles. The van der Waals surface area contributed by atoms with E-state index in [0.29, 0.717) is 18.5 Å². The smallest absolute Gasteiger partial charge is 0.231 e. The van der Waals surface area contributed by atoms with E-state index in [-0.39, 0.29) is 5.28 Å². The van der Waals surface area contributed by atoms with Crippen LogP contribution >= 0.6 is 11.6 Å². The van der Waals surface area contributed by atoms with Crippen molar-refractivity contribution in [3.63, 3.8) is 0 Å². The van der Waals surface area contributed by atoms with Crippen LogP contribution in [-0.4, -0.2) is 55.4 Å². The summed E-state index contributed by atoms with van der Waals surface area (Å²) in [5.74, 6) is 1.22. The molecule has 0 unspecified atom stereocenters. The van der Waals surface area contributed by atoms with Crippen LogP contribution in [0.3, 0.4) is 0 Å². The van der Waals surface area contributed by atoms with Crippen LogP contribution in [0.25, 0.3) is 0 Å². The second kappa shape index (κ2) is 8.12. The fraction of sp³-hybridized carbons (Fsp3) is 0.750. The van der Waals surface area contributed by atoms with Gasteiger partial charge in [-0.05, 0) is 31.9 Å². The Hall–Kier alpha value is -1.14. The van der Waals surface area contributed by atoms with E-state index in [1.807, 2.05) is 16.8 Å². The fourth-order valence-corrected chi connectivity index (χ4v) is 1.85. The van der Waals surface area contributed by atoms with Crippen LogP contribution in [-0.2, 0) is 4.74 Å². The van der Waals surface area contributed by atoms with E-state index in [9.17, 15) is 0 Å². The summed E-state index contributed by atoms with van der Waals surface area (Å²) in [6.45, 7) is 7.32. The van der Waals surface area contributed by atoms with Gasteiger partial charge in [0.2, 0.25) is 17.2 Å². The first kappa shape index (κ1) is 15.9. The van der Waals surface area contributed by atoms with Gasteiger partial charge in [-0.15, -0.1) is 0 Å². The van der Waals surface area contributed by atoms with Gasteiger partial charge in [-0.25, -0.2) is 0 Å². The SMILES string of the molecule is CCN(CC)c1nc(Cl)nc(N(C)CCCOC)n1. The number of anilines is 2. The molecule has 1 heterocycles. The number of hydrogen-bond acceptors (Lipinski definition) is 6. The fourth-order valence-electron chi connectivity index (χ4n) is 1.69. The van der Waals surface area contributed by atoms with E-state index in [0.717, 1.165) is 26.1 Å². The molecule has 0 fully saturated rings. The lowest BCUT2D eigenvalue weighted by Crippen LogP contribution is -2.27. The average molecular weight is 288 g/mol. The van der Waals surface area contributed by atoms with Crippen LogP contribution in [0, 0.1) is 0 Å². The molecule has 0 saturated heterocycles. The first-order chi connectivity index (χ1) is 9.12. The number of aromatic nitrogens is 3. The molecule has 0 aromatic carbocycles. The van der Waals surface area contributed by atoms with Crippen LogP contribution in [0.15, 0.2) is 0 Å². The second-order valence-corrected chi connectivity index (χ2v) is 4.48. The van der Waals surface area contributed by atoms with E-state index < -0.39 is 0 Å². The van der Waals surface area contributed by atoms with Crippen molar-refractivity contribution in [2.24, 2.45) is 0 Å². The monoisotopic (exact) mass is 287 g/mol. The van der Waals surface area contributed by atoms with E-state index in [1.165, 1.54) is 0 Å². The number of ether oxygens (including phenoxy) is 1. The molecule has 7 heteroatoms. The van der Waals surface area contributed by atoms with E-state index in [4.69, 9.17) is 16.3 Å². The van der Waals surface area contributed by atoms with E-state index in [2.05, 4.69) is 28.8 Å². The lowest BCUT2D eigenvalue weighted by molar-refractivity contribution is 0.196. The quantitative estimate of drug-likeness (QED) is 0.680. The molecule has 0 aliphatic rings. The molecule has 1 rings (SSSR count). The second-order valence-electron chi connectivity index (χ2n) is 4.14. The number of rotatable bonds is 8. The molecule has 0 aliphatic heterocycles. The Morgan fingerprint density at radius 2 is 1.74 bits per heavy atom. The molecule has 6 nitrogen and oxygen atoms in total. The summed E-state index contributed by atoms with van der Waals surface area (Å²) < 4.78 is 5.03. The molecule has 0 aliphatic carbocycles. The predicted octanol–water partition coefficient (Wildman–Crippen LogP) is 1.84. The minimum Gasteiger partial charge on any atom is -0.385 e. The highest BCUT2D eigenvalue weighted by atomic mass is 35.5. The molecule has 0 bridgehead atoms. The number of hydrogen-bond donors (Lipinski definition) is 0. The number of nitrogens with zero attached hydrogens (tertiary/aromatic N) is 5. The standard InChI is InChI=1S/C12H22ClN5O/c1-5-18(6-2)12-15-10(13)14-11(16-12)17(3)8-7-9-19-4/h5-9H2,1-4H3. The van der Waals surface area contributed by atoms with Gasteiger partial charge in [0.25, 0.3) is 0 Å². The molecule has 0 radical (unpaired) electrons. The molecule has 0 saturated carbocycles. The Balaban J connectivity index is 2.83. The summed E-state index contributed by atoms with van der Waals surface area (Å²) in [7, 11) is 3.63. The molecule has 0 N–H and O–H groups in total. The lowest BCUT2D eigenvalue weighted by atomic mass is 10.4. The largest absolute Gasteiger partial charge is 0.385 e. The summed E-state index contributed by atoms with van der Waals surface area (Å²) >= 11 is 5.97. The lowest BCUT2D eigenvalue weighted by Gasteiger charge is -2.21. The number of halogens is 1. The third kappa shape index (κ3) is 4.80. The van der Waals surface area contributed by atoms with Gasteiger partial charge in [0, 0.05) is 40.4 Å². The topological polar surface area (TPSA) is 54.4 Å². The normalized spacial score (nSPS) is 10.6. The number of methoxy groups -OCH3 is 1. The average Bonchev–Trinajstić information content (AvgIpc) is 2.39. The Bertz CT molecular complexity index is 386. The van der Waals surface area contributed by atoms with Gasteiger partial charge < -0.3 is 14.5 Å². The summed E-state index contributed by atoms with van der Waals surface area (Å²) in [5.41, 5.74) is 0. The molecular formula is C12H22ClN5O. The Kier molecular flexibility index (Phi) is 6.80. The van der Waals surface area contributed by atoms with Crippen molar-refractivity contribution in [1.82, 2.24) is 15.0 Å². The summed E-state index contributed by atoms with van der Waals surface area (Å²) in [6, 6.07) is 0. The van der Waals surface area contributed by atoms with Crippen LogP contribution in [0.4, 0.5) is 11.9 Å². The van der Waals surface area contributed by atoms with Crippen LogP contribution in [0.5, 0.6) is 0 Å². The molecule has 0 atom stereocenters. The van der Waals surface area contributed by atoms with Crippen LogP contribution in [0.2, 0.25) is 5.28 Å². The van der Waals surface area contributed by atoms with Crippen molar-refractivity contribution >= 4 is 23.5 Å². The third-order valence-corrected chi connectivity index (χ3v) is 2.98. The maximum absolute atomic E-state index is 5.97. The summed E-state index contributed by atoms with van der Waals surface area (Å²) in [5, 5.41) is 0.227. The Morgan fingerprint density at radius 3 is 2.32 bits per heavy atom. The van der Waals surface area contributed by atoms with Crippen LogP contribution in [0.1, 0.15) is 20.3 Å². The van der Waals surface area contributed by atoms with Crippen molar-refractivity contribution in [3.8, 4) is 0 Å². The van der Waals surface area contributed by atoms with Crippen LogP contribution < -0.4 is 9.80 Å². The van der Waals surface area contributed by atoms with Gasteiger partial charge in [0.15, 0.2) is 0 Å². The first-order valence-electron chi connectivity index (χ1n) is 6.48. The summed E-state index contributed by atoms with van der Waals surface area (Å²) in [4.78, 5) is 16.8. The molecule has 0 amide bonds.